The molecule has 2 rings (SSSR count). The lowest BCUT2D eigenvalue weighted by Crippen LogP contribution is -2.35. The Morgan fingerprint density at radius 1 is 1.24 bits per heavy atom. The third-order valence-corrected chi connectivity index (χ3v) is 6.19. The number of rotatable bonds is 3. The van der Waals surface area contributed by atoms with Gasteiger partial charge < -0.3 is 10.6 Å². The zero-order valence-corrected chi connectivity index (χ0v) is 14.0. The van der Waals surface area contributed by atoms with Crippen LogP contribution in [0.2, 0.25) is 5.02 Å². The number of nitrogens with two attached hydrogens (primary N) is 1. The van der Waals surface area contributed by atoms with Gasteiger partial charge in [0.1, 0.15) is 0 Å². The molecule has 0 radical (unpaired) electrons. The van der Waals surface area contributed by atoms with Crippen LogP contribution in [0.4, 0.5) is 0 Å². The second kappa shape index (κ2) is 6.62. The Morgan fingerprint density at radius 2 is 1.95 bits per heavy atom. The van der Waals surface area contributed by atoms with E-state index < -0.39 is 10.0 Å². The Hall–Kier alpha value is -0.660. The summed E-state index contributed by atoms with van der Waals surface area (Å²) in [6, 6.07) is 3.26. The van der Waals surface area contributed by atoms with Crippen LogP contribution in [0.1, 0.15) is 17.5 Å². The minimum absolute atomic E-state index is 0.275. The first-order valence-corrected chi connectivity index (χ1v) is 8.86. The summed E-state index contributed by atoms with van der Waals surface area (Å²) >= 11 is 6.05. The number of halogens is 1. The number of sulfonamides is 1. The number of likely N-dealkylation sites (N-methyl/N-ethyl adjacent to an activating group) is 1. The molecule has 118 valence electrons. The first kappa shape index (κ1) is 16.7. The second-order valence-corrected chi connectivity index (χ2v) is 7.80. The molecule has 2 N–H and O–H groups in total. The van der Waals surface area contributed by atoms with E-state index in [2.05, 4.69) is 4.90 Å². The van der Waals surface area contributed by atoms with Crippen molar-refractivity contribution in [1.29, 1.82) is 0 Å². The standard InChI is InChI=1S/C14H22ClN3O2S/c1-11-12(10-16)8-13(15)9-14(11)21(19,20)18-5-3-4-17(2)6-7-18/h8-9H,3-7,10,16H2,1-2H3. The molecule has 0 aliphatic carbocycles. The minimum atomic E-state index is -3.53. The van der Waals surface area contributed by atoms with Crippen LogP contribution in [0.15, 0.2) is 17.0 Å². The third-order valence-electron chi connectivity index (χ3n) is 3.95. The lowest BCUT2D eigenvalue weighted by molar-refractivity contribution is 0.347. The van der Waals surface area contributed by atoms with Crippen molar-refractivity contribution in [1.82, 2.24) is 9.21 Å². The molecule has 1 aromatic carbocycles. The van der Waals surface area contributed by atoms with Crippen molar-refractivity contribution in [3.05, 3.63) is 28.3 Å². The normalized spacial score (nSPS) is 18.7. The van der Waals surface area contributed by atoms with Crippen molar-refractivity contribution in [2.24, 2.45) is 5.73 Å². The minimum Gasteiger partial charge on any atom is -0.326 e. The highest BCUT2D eigenvalue weighted by molar-refractivity contribution is 7.89. The van der Waals surface area contributed by atoms with Gasteiger partial charge in [-0.1, -0.05) is 11.6 Å². The molecular formula is C14H22ClN3O2S. The van der Waals surface area contributed by atoms with Gasteiger partial charge in [0.25, 0.3) is 0 Å². The van der Waals surface area contributed by atoms with Crippen molar-refractivity contribution < 1.29 is 8.42 Å². The molecule has 1 aliphatic rings. The van der Waals surface area contributed by atoms with Crippen LogP contribution >= 0.6 is 11.6 Å². The average molecular weight is 332 g/mol. The molecule has 7 heteroatoms. The van der Waals surface area contributed by atoms with E-state index in [-0.39, 0.29) is 11.4 Å². The van der Waals surface area contributed by atoms with Gasteiger partial charge in [-0.3, -0.25) is 0 Å². The fourth-order valence-electron chi connectivity index (χ4n) is 2.59. The van der Waals surface area contributed by atoms with Crippen LogP contribution in [0.5, 0.6) is 0 Å². The molecule has 5 nitrogen and oxygen atoms in total. The highest BCUT2D eigenvalue weighted by atomic mass is 35.5. The summed E-state index contributed by atoms with van der Waals surface area (Å²) in [5.41, 5.74) is 7.14. The first-order chi connectivity index (χ1) is 9.86. The van der Waals surface area contributed by atoms with E-state index >= 15 is 0 Å². The monoisotopic (exact) mass is 331 g/mol. The van der Waals surface area contributed by atoms with E-state index in [0.29, 0.717) is 23.7 Å². The van der Waals surface area contributed by atoms with E-state index in [1.807, 2.05) is 7.05 Å². The molecular weight excluding hydrogens is 310 g/mol. The largest absolute Gasteiger partial charge is 0.326 e. The van der Waals surface area contributed by atoms with Crippen molar-refractivity contribution in [3.63, 3.8) is 0 Å². The summed E-state index contributed by atoms with van der Waals surface area (Å²) in [6.45, 7) is 4.75. The molecule has 0 spiro atoms. The Labute approximate surface area is 131 Å². The van der Waals surface area contributed by atoms with E-state index in [9.17, 15) is 8.42 Å². The SMILES string of the molecule is Cc1c(CN)cc(Cl)cc1S(=O)(=O)N1CCCN(C)CC1. The lowest BCUT2D eigenvalue weighted by Gasteiger charge is -2.22. The topological polar surface area (TPSA) is 66.6 Å². The van der Waals surface area contributed by atoms with Crippen molar-refractivity contribution in [2.45, 2.75) is 24.8 Å². The summed E-state index contributed by atoms with van der Waals surface area (Å²) < 4.78 is 27.3. The molecule has 0 bridgehead atoms. The molecule has 0 aromatic heterocycles. The molecule has 1 aromatic rings. The summed E-state index contributed by atoms with van der Waals surface area (Å²) in [5.74, 6) is 0. The van der Waals surface area contributed by atoms with Crippen LogP contribution in [0.3, 0.4) is 0 Å². The quantitative estimate of drug-likeness (QED) is 0.910. The molecule has 0 atom stereocenters. The van der Waals surface area contributed by atoms with Crippen molar-refractivity contribution in [3.8, 4) is 0 Å². The third kappa shape index (κ3) is 3.57. The predicted molar refractivity (Wildman–Crippen MR) is 85.0 cm³/mol. The van der Waals surface area contributed by atoms with E-state index in [1.54, 1.807) is 17.3 Å². The Morgan fingerprint density at radius 3 is 2.62 bits per heavy atom. The van der Waals surface area contributed by atoms with E-state index in [0.717, 1.165) is 25.1 Å². The average Bonchev–Trinajstić information content (AvgIpc) is 2.66. The second-order valence-electron chi connectivity index (χ2n) is 5.45. The van der Waals surface area contributed by atoms with Crippen LogP contribution in [0, 0.1) is 6.92 Å². The maximum Gasteiger partial charge on any atom is 0.243 e. The van der Waals surface area contributed by atoms with Gasteiger partial charge in [0, 0.05) is 31.2 Å². The summed E-state index contributed by atoms with van der Waals surface area (Å²) in [6.07, 6.45) is 0.832. The van der Waals surface area contributed by atoms with E-state index in [4.69, 9.17) is 17.3 Å². The van der Waals surface area contributed by atoms with Gasteiger partial charge in [0.2, 0.25) is 10.0 Å². The van der Waals surface area contributed by atoms with Crippen LogP contribution < -0.4 is 5.73 Å². The Kier molecular flexibility index (Phi) is 5.27. The predicted octanol–water partition coefficient (Wildman–Crippen LogP) is 1.43. The Balaban J connectivity index is 2.42. The molecule has 0 unspecified atom stereocenters. The zero-order chi connectivity index (χ0) is 15.6. The summed E-state index contributed by atoms with van der Waals surface area (Å²) in [4.78, 5) is 2.42. The maximum atomic E-state index is 12.9. The number of hydrogen-bond acceptors (Lipinski definition) is 4. The smallest absolute Gasteiger partial charge is 0.243 e. The highest BCUT2D eigenvalue weighted by Crippen LogP contribution is 2.27. The van der Waals surface area contributed by atoms with Crippen molar-refractivity contribution in [2.75, 3.05) is 33.2 Å². The Bertz CT molecular complexity index is 619. The van der Waals surface area contributed by atoms with Crippen molar-refractivity contribution >= 4 is 21.6 Å². The van der Waals surface area contributed by atoms with Gasteiger partial charge in [-0.25, -0.2) is 8.42 Å². The molecule has 0 saturated carbocycles. The summed E-state index contributed by atoms with van der Waals surface area (Å²) in [5, 5.41) is 0.409. The molecule has 21 heavy (non-hydrogen) atoms. The van der Waals surface area contributed by atoms with Gasteiger partial charge in [-0.05, 0) is 50.2 Å². The molecule has 1 aliphatic heterocycles. The summed E-state index contributed by atoms with van der Waals surface area (Å²) in [7, 11) is -1.52. The fourth-order valence-corrected chi connectivity index (χ4v) is 4.66. The number of nitrogens with zero attached hydrogens (tertiary/aromatic N) is 2. The van der Waals surface area contributed by atoms with Crippen LogP contribution in [-0.2, 0) is 16.6 Å². The number of benzene rings is 1. The molecule has 1 heterocycles. The van der Waals surface area contributed by atoms with Gasteiger partial charge in [-0.2, -0.15) is 4.31 Å². The molecule has 0 amide bonds. The fraction of sp³-hybridized carbons (Fsp3) is 0.571. The van der Waals surface area contributed by atoms with Crippen LogP contribution in [-0.4, -0.2) is 50.8 Å². The van der Waals surface area contributed by atoms with Gasteiger partial charge >= 0.3 is 0 Å². The molecule has 1 saturated heterocycles. The zero-order valence-electron chi connectivity index (χ0n) is 12.5. The molecule has 1 fully saturated rings. The van der Waals surface area contributed by atoms with Gasteiger partial charge in [0.15, 0.2) is 0 Å². The number of hydrogen-bond donors (Lipinski definition) is 1. The first-order valence-electron chi connectivity index (χ1n) is 7.04. The highest BCUT2D eigenvalue weighted by Gasteiger charge is 2.28. The maximum absolute atomic E-state index is 12.9. The van der Waals surface area contributed by atoms with Crippen LogP contribution in [0.25, 0.3) is 0 Å². The lowest BCUT2D eigenvalue weighted by atomic mass is 10.1. The van der Waals surface area contributed by atoms with E-state index in [1.165, 1.54) is 6.07 Å². The van der Waals surface area contributed by atoms with Gasteiger partial charge in [0.05, 0.1) is 4.90 Å². The van der Waals surface area contributed by atoms with Gasteiger partial charge in [-0.15, -0.1) is 0 Å².